The Morgan fingerprint density at radius 1 is 1.53 bits per heavy atom. The summed E-state index contributed by atoms with van der Waals surface area (Å²) in [5.74, 6) is 0. The zero-order valence-electron chi connectivity index (χ0n) is 11.2. The lowest BCUT2D eigenvalue weighted by molar-refractivity contribution is -0.00619. The summed E-state index contributed by atoms with van der Waals surface area (Å²) in [6, 6.07) is 6.35. The van der Waals surface area contributed by atoms with E-state index in [0.717, 1.165) is 30.2 Å². The SMILES string of the molecule is COC1(CNc2nc3cc(C)ccc3s2)CCOC1. The van der Waals surface area contributed by atoms with Crippen molar-refractivity contribution in [2.24, 2.45) is 0 Å². The molecule has 1 aliphatic heterocycles. The standard InChI is InChI=1S/C14H18N2O2S/c1-10-3-4-12-11(7-10)16-13(19-12)15-8-14(17-2)5-6-18-9-14/h3-4,7H,5-6,8-9H2,1-2H3,(H,15,16). The Morgan fingerprint density at radius 2 is 2.42 bits per heavy atom. The molecule has 0 bridgehead atoms. The van der Waals surface area contributed by atoms with Gasteiger partial charge >= 0.3 is 0 Å². The molecule has 2 heterocycles. The first kappa shape index (κ1) is 12.8. The minimum Gasteiger partial charge on any atom is -0.378 e. The van der Waals surface area contributed by atoms with Crippen LogP contribution in [0.1, 0.15) is 12.0 Å². The number of rotatable bonds is 4. The van der Waals surface area contributed by atoms with E-state index in [4.69, 9.17) is 9.47 Å². The van der Waals surface area contributed by atoms with Gasteiger partial charge < -0.3 is 14.8 Å². The number of nitrogens with zero attached hydrogens (tertiary/aromatic N) is 1. The van der Waals surface area contributed by atoms with E-state index in [1.807, 2.05) is 0 Å². The summed E-state index contributed by atoms with van der Waals surface area (Å²) in [7, 11) is 1.75. The fourth-order valence-electron chi connectivity index (χ4n) is 2.31. The van der Waals surface area contributed by atoms with E-state index >= 15 is 0 Å². The van der Waals surface area contributed by atoms with Crippen molar-refractivity contribution in [3.8, 4) is 0 Å². The third-order valence-corrected chi connectivity index (χ3v) is 4.60. The number of ether oxygens (including phenoxy) is 2. The molecule has 1 atom stereocenters. The summed E-state index contributed by atoms with van der Waals surface area (Å²) in [6.07, 6.45) is 0.931. The van der Waals surface area contributed by atoms with Crippen LogP contribution in [0, 0.1) is 6.92 Å². The summed E-state index contributed by atoms with van der Waals surface area (Å²) < 4.78 is 12.2. The number of hydrogen-bond donors (Lipinski definition) is 1. The zero-order chi connectivity index (χ0) is 13.3. The van der Waals surface area contributed by atoms with Crippen molar-refractivity contribution in [1.82, 2.24) is 4.98 Å². The molecule has 1 aromatic carbocycles. The summed E-state index contributed by atoms with van der Waals surface area (Å²) in [6.45, 7) is 4.25. The van der Waals surface area contributed by atoms with Crippen molar-refractivity contribution < 1.29 is 9.47 Å². The Hall–Kier alpha value is -1.17. The van der Waals surface area contributed by atoms with E-state index < -0.39 is 0 Å². The molecule has 1 aromatic heterocycles. The van der Waals surface area contributed by atoms with Crippen LogP contribution >= 0.6 is 11.3 Å². The van der Waals surface area contributed by atoms with Crippen molar-refractivity contribution in [2.75, 3.05) is 32.2 Å². The van der Waals surface area contributed by atoms with Crippen LogP contribution in [-0.4, -0.2) is 37.5 Å². The average Bonchev–Trinajstić information content (AvgIpc) is 3.02. The second-order valence-electron chi connectivity index (χ2n) is 5.03. The highest BCUT2D eigenvalue weighted by atomic mass is 32.1. The van der Waals surface area contributed by atoms with Gasteiger partial charge in [0.15, 0.2) is 5.13 Å². The minimum atomic E-state index is -0.201. The predicted molar refractivity (Wildman–Crippen MR) is 78.0 cm³/mol. The number of fused-ring (bicyclic) bond motifs is 1. The van der Waals surface area contributed by atoms with Gasteiger partial charge in [-0.05, 0) is 24.6 Å². The lowest BCUT2D eigenvalue weighted by Crippen LogP contribution is -2.39. The second-order valence-corrected chi connectivity index (χ2v) is 6.06. The van der Waals surface area contributed by atoms with E-state index in [1.54, 1.807) is 18.4 Å². The maximum atomic E-state index is 5.60. The average molecular weight is 278 g/mol. The van der Waals surface area contributed by atoms with Crippen LogP contribution in [0.5, 0.6) is 0 Å². The second kappa shape index (κ2) is 5.07. The first-order valence-electron chi connectivity index (χ1n) is 6.45. The summed E-state index contributed by atoms with van der Waals surface area (Å²) in [5, 5.41) is 4.34. The van der Waals surface area contributed by atoms with E-state index in [2.05, 4.69) is 35.4 Å². The van der Waals surface area contributed by atoms with Crippen molar-refractivity contribution >= 4 is 26.7 Å². The van der Waals surface area contributed by atoms with Gasteiger partial charge in [0.05, 0.1) is 16.8 Å². The van der Waals surface area contributed by atoms with Crippen LogP contribution in [0.15, 0.2) is 18.2 Å². The lowest BCUT2D eigenvalue weighted by Gasteiger charge is -2.25. The maximum absolute atomic E-state index is 5.60. The summed E-state index contributed by atoms with van der Waals surface area (Å²) in [5.41, 5.74) is 2.09. The Morgan fingerprint density at radius 3 is 3.16 bits per heavy atom. The number of nitrogens with one attached hydrogen (secondary N) is 1. The van der Waals surface area contributed by atoms with Crippen LogP contribution in [0.4, 0.5) is 5.13 Å². The molecule has 5 heteroatoms. The van der Waals surface area contributed by atoms with E-state index in [9.17, 15) is 0 Å². The van der Waals surface area contributed by atoms with Crippen molar-refractivity contribution in [3.05, 3.63) is 23.8 Å². The van der Waals surface area contributed by atoms with Gasteiger partial charge in [-0.25, -0.2) is 4.98 Å². The molecular formula is C14H18N2O2S. The first-order chi connectivity index (χ1) is 9.21. The molecule has 0 saturated carbocycles. The fourth-order valence-corrected chi connectivity index (χ4v) is 3.15. The molecule has 1 fully saturated rings. The van der Waals surface area contributed by atoms with Gasteiger partial charge in [-0.1, -0.05) is 17.4 Å². The third kappa shape index (κ3) is 2.59. The Labute approximate surface area is 116 Å². The van der Waals surface area contributed by atoms with Crippen LogP contribution in [0.2, 0.25) is 0 Å². The number of aryl methyl sites for hydroxylation is 1. The number of anilines is 1. The smallest absolute Gasteiger partial charge is 0.183 e. The normalized spacial score (nSPS) is 23.1. The molecule has 102 valence electrons. The molecule has 1 saturated heterocycles. The molecule has 0 spiro atoms. The van der Waals surface area contributed by atoms with Gasteiger partial charge in [0.25, 0.3) is 0 Å². The fraction of sp³-hybridized carbons (Fsp3) is 0.500. The van der Waals surface area contributed by atoms with E-state index in [-0.39, 0.29) is 5.60 Å². The third-order valence-electron chi connectivity index (χ3n) is 3.60. The molecule has 0 aliphatic carbocycles. The Balaban J connectivity index is 1.74. The number of aromatic nitrogens is 1. The molecule has 19 heavy (non-hydrogen) atoms. The molecule has 0 radical (unpaired) electrons. The van der Waals surface area contributed by atoms with Gasteiger partial charge in [0.2, 0.25) is 0 Å². The highest BCUT2D eigenvalue weighted by Gasteiger charge is 2.34. The van der Waals surface area contributed by atoms with Gasteiger partial charge in [-0.15, -0.1) is 0 Å². The summed E-state index contributed by atoms with van der Waals surface area (Å²) >= 11 is 1.68. The summed E-state index contributed by atoms with van der Waals surface area (Å²) in [4.78, 5) is 4.61. The molecule has 2 aromatic rings. The number of hydrogen-bond acceptors (Lipinski definition) is 5. The molecule has 1 aliphatic rings. The van der Waals surface area contributed by atoms with Crippen LogP contribution in [0.25, 0.3) is 10.2 Å². The topological polar surface area (TPSA) is 43.4 Å². The number of thiazole rings is 1. The van der Waals surface area contributed by atoms with Crippen LogP contribution in [-0.2, 0) is 9.47 Å². The van der Waals surface area contributed by atoms with Crippen molar-refractivity contribution in [2.45, 2.75) is 18.9 Å². The molecule has 4 nitrogen and oxygen atoms in total. The van der Waals surface area contributed by atoms with Gasteiger partial charge in [-0.2, -0.15) is 0 Å². The molecular weight excluding hydrogens is 260 g/mol. The Kier molecular flexibility index (Phi) is 3.43. The van der Waals surface area contributed by atoms with Gasteiger partial charge in [0, 0.05) is 26.7 Å². The highest BCUT2D eigenvalue weighted by Crippen LogP contribution is 2.28. The van der Waals surface area contributed by atoms with Crippen molar-refractivity contribution in [3.63, 3.8) is 0 Å². The van der Waals surface area contributed by atoms with E-state index in [0.29, 0.717) is 6.61 Å². The van der Waals surface area contributed by atoms with Crippen molar-refractivity contribution in [1.29, 1.82) is 0 Å². The Bertz CT molecular complexity index is 576. The molecule has 0 amide bonds. The maximum Gasteiger partial charge on any atom is 0.183 e. The van der Waals surface area contributed by atoms with Gasteiger partial charge in [-0.3, -0.25) is 0 Å². The van der Waals surface area contributed by atoms with E-state index in [1.165, 1.54) is 10.3 Å². The van der Waals surface area contributed by atoms with Crippen LogP contribution < -0.4 is 5.32 Å². The molecule has 3 rings (SSSR count). The zero-order valence-corrected chi connectivity index (χ0v) is 12.0. The highest BCUT2D eigenvalue weighted by molar-refractivity contribution is 7.22. The molecule has 1 N–H and O–H groups in total. The van der Waals surface area contributed by atoms with Gasteiger partial charge in [0.1, 0.15) is 5.60 Å². The predicted octanol–water partition coefficient (Wildman–Crippen LogP) is 2.82. The number of benzene rings is 1. The monoisotopic (exact) mass is 278 g/mol. The first-order valence-corrected chi connectivity index (χ1v) is 7.26. The lowest BCUT2D eigenvalue weighted by atomic mass is 10.0. The number of methoxy groups -OCH3 is 1. The minimum absolute atomic E-state index is 0.201. The quantitative estimate of drug-likeness (QED) is 0.934. The molecule has 1 unspecified atom stereocenters. The largest absolute Gasteiger partial charge is 0.378 e. The van der Waals surface area contributed by atoms with Crippen LogP contribution in [0.3, 0.4) is 0 Å².